The van der Waals surface area contributed by atoms with E-state index in [1.165, 1.54) is 6.08 Å². The van der Waals surface area contributed by atoms with Gasteiger partial charge >= 0.3 is 0 Å². The van der Waals surface area contributed by atoms with E-state index in [-0.39, 0.29) is 12.0 Å². The number of hydrogen-bond acceptors (Lipinski definition) is 8. The summed E-state index contributed by atoms with van der Waals surface area (Å²) in [5.41, 5.74) is 4.62. The monoisotopic (exact) mass is 514 g/mol. The van der Waals surface area contributed by atoms with E-state index in [4.69, 9.17) is 9.47 Å². The molecule has 0 unspecified atom stereocenters. The van der Waals surface area contributed by atoms with Gasteiger partial charge in [0.05, 0.1) is 30.0 Å². The molecule has 0 radical (unpaired) electrons. The van der Waals surface area contributed by atoms with Crippen LogP contribution in [-0.4, -0.2) is 79.2 Å². The summed E-state index contributed by atoms with van der Waals surface area (Å²) in [6.45, 7) is 12.2. The summed E-state index contributed by atoms with van der Waals surface area (Å²) in [4.78, 5) is 23.1. The smallest absolute Gasteiger partial charge is 0.246 e. The summed E-state index contributed by atoms with van der Waals surface area (Å²) in [7, 11) is 0. The van der Waals surface area contributed by atoms with Gasteiger partial charge in [-0.3, -0.25) is 9.69 Å². The van der Waals surface area contributed by atoms with E-state index in [9.17, 15) is 10.1 Å². The zero-order valence-corrected chi connectivity index (χ0v) is 21.9. The lowest BCUT2D eigenvalue weighted by Crippen LogP contribution is -2.61. The van der Waals surface area contributed by atoms with Gasteiger partial charge < -0.3 is 24.6 Å². The lowest BCUT2D eigenvalue weighted by atomic mass is 9.87. The van der Waals surface area contributed by atoms with Crippen molar-refractivity contribution in [3.8, 4) is 11.8 Å². The van der Waals surface area contributed by atoms with Gasteiger partial charge in [0.15, 0.2) is 5.75 Å². The number of ether oxygens (including phenoxy) is 2. The van der Waals surface area contributed by atoms with Gasteiger partial charge in [-0.2, -0.15) is 5.26 Å². The van der Waals surface area contributed by atoms with Gasteiger partial charge in [-0.1, -0.05) is 6.58 Å². The number of hydrogen-bond donors (Lipinski definition) is 1. The van der Waals surface area contributed by atoms with Crippen LogP contribution >= 0.6 is 0 Å². The number of benzene rings is 1. The Balaban J connectivity index is 1.22. The molecule has 0 aliphatic carbocycles. The van der Waals surface area contributed by atoms with Crippen LogP contribution in [0.3, 0.4) is 0 Å². The number of nitrogens with one attached hydrogen (secondary N) is 1. The van der Waals surface area contributed by atoms with Crippen molar-refractivity contribution in [2.24, 2.45) is 0 Å². The number of pyridine rings is 1. The summed E-state index contributed by atoms with van der Waals surface area (Å²) in [6.07, 6.45) is 5.00. The van der Waals surface area contributed by atoms with Gasteiger partial charge in [0, 0.05) is 44.1 Å². The van der Waals surface area contributed by atoms with Gasteiger partial charge in [0.25, 0.3) is 0 Å². The fourth-order valence-corrected chi connectivity index (χ4v) is 6.19. The summed E-state index contributed by atoms with van der Waals surface area (Å²) in [5.74, 6) is 1.75. The number of nitriles is 1. The third-order valence-corrected chi connectivity index (χ3v) is 8.37. The molecule has 3 fully saturated rings. The van der Waals surface area contributed by atoms with Crippen LogP contribution in [0.15, 0.2) is 37.1 Å². The summed E-state index contributed by atoms with van der Waals surface area (Å²) in [5, 5.41) is 13.6. The molecule has 9 nitrogen and oxygen atoms in total. The molecule has 6 rings (SSSR count). The Morgan fingerprint density at radius 3 is 2.68 bits per heavy atom. The van der Waals surface area contributed by atoms with Gasteiger partial charge in [-0.05, 0) is 68.6 Å². The van der Waals surface area contributed by atoms with Crippen LogP contribution in [0, 0.1) is 11.3 Å². The van der Waals surface area contributed by atoms with Gasteiger partial charge in [0.2, 0.25) is 5.91 Å². The van der Waals surface area contributed by atoms with Crippen molar-refractivity contribution in [3.05, 3.63) is 53.7 Å². The van der Waals surface area contributed by atoms with Crippen LogP contribution in [0.25, 0.3) is 0 Å². The number of nitrogens with zero attached hydrogens (tertiary/aromatic N) is 5. The second-order valence-electron chi connectivity index (χ2n) is 10.5. The standard InChI is InChI=1S/C29H34N6O3/c1-3-26(36)35-17-23(18-35)33-8-5-20(6-9-33)21-14-22(16-30)28-24(15-21)32-29-27(19(2)38-28)25(4-7-31-29)34-10-12-37-13-11-34/h3-4,7,14-15,19-20,23H,1,5-6,8-13,17-18H2,2H3,(H,31,32)/t19-/m1/s1. The summed E-state index contributed by atoms with van der Waals surface area (Å²) < 4.78 is 12.0. The fourth-order valence-electron chi connectivity index (χ4n) is 6.19. The minimum Gasteiger partial charge on any atom is -0.482 e. The number of amides is 1. The van der Waals surface area contributed by atoms with E-state index in [0.717, 1.165) is 80.4 Å². The highest BCUT2D eigenvalue weighted by molar-refractivity contribution is 5.87. The number of carbonyl (C=O) groups excluding carboxylic acids is 1. The molecule has 3 saturated heterocycles. The Morgan fingerprint density at radius 1 is 1.21 bits per heavy atom. The molecule has 1 N–H and O–H groups in total. The molecule has 1 aromatic carbocycles. The van der Waals surface area contributed by atoms with E-state index in [2.05, 4.69) is 38.8 Å². The Morgan fingerprint density at radius 2 is 1.97 bits per heavy atom. The Bertz CT molecular complexity index is 1270. The van der Waals surface area contributed by atoms with E-state index in [1.807, 2.05) is 30.2 Å². The first kappa shape index (κ1) is 24.7. The van der Waals surface area contributed by atoms with Crippen molar-refractivity contribution in [2.45, 2.75) is 37.8 Å². The molecule has 9 heteroatoms. The highest BCUT2D eigenvalue weighted by atomic mass is 16.5. The summed E-state index contributed by atoms with van der Waals surface area (Å²) >= 11 is 0. The average molecular weight is 515 g/mol. The second-order valence-corrected chi connectivity index (χ2v) is 10.5. The van der Waals surface area contributed by atoms with Crippen molar-refractivity contribution >= 4 is 23.1 Å². The normalized spacial score (nSPS) is 22.2. The van der Waals surface area contributed by atoms with Crippen LogP contribution in [0.4, 0.5) is 17.2 Å². The maximum absolute atomic E-state index is 11.8. The molecule has 0 saturated carbocycles. The van der Waals surface area contributed by atoms with Gasteiger partial charge in [-0.25, -0.2) is 4.98 Å². The first-order valence-corrected chi connectivity index (χ1v) is 13.5. The van der Waals surface area contributed by atoms with E-state index in [0.29, 0.717) is 36.5 Å². The molecule has 1 aromatic heterocycles. The van der Waals surface area contributed by atoms with Crippen LogP contribution in [0.1, 0.15) is 48.5 Å². The Labute approximate surface area is 223 Å². The van der Waals surface area contributed by atoms with Crippen molar-refractivity contribution < 1.29 is 14.3 Å². The fraction of sp³-hybridized carbons (Fsp3) is 0.483. The molecule has 198 valence electrons. The van der Waals surface area contributed by atoms with Crippen LogP contribution < -0.4 is 15.0 Å². The lowest BCUT2D eigenvalue weighted by molar-refractivity contribution is -0.133. The zero-order valence-electron chi connectivity index (χ0n) is 21.9. The van der Waals surface area contributed by atoms with Gasteiger partial charge in [-0.15, -0.1) is 0 Å². The molecule has 0 bridgehead atoms. The third kappa shape index (κ3) is 4.48. The number of fused-ring (bicyclic) bond motifs is 2. The SMILES string of the molecule is C=CC(=O)N1CC(N2CCC(c3cc(C#N)c4c(c3)Nc3nccc(N5CCOCC5)c3[C@@H](C)O4)CC2)C1. The van der Waals surface area contributed by atoms with Crippen LogP contribution in [0.5, 0.6) is 5.75 Å². The number of likely N-dealkylation sites (tertiary alicyclic amines) is 2. The predicted molar refractivity (Wildman–Crippen MR) is 145 cm³/mol. The predicted octanol–water partition coefficient (Wildman–Crippen LogP) is 3.56. The quantitative estimate of drug-likeness (QED) is 0.619. The molecule has 1 atom stereocenters. The highest BCUT2D eigenvalue weighted by Gasteiger charge is 2.36. The maximum Gasteiger partial charge on any atom is 0.246 e. The topological polar surface area (TPSA) is 94.0 Å². The van der Waals surface area contributed by atoms with Crippen molar-refractivity contribution in [2.75, 3.05) is 62.7 Å². The molecule has 4 aliphatic rings. The number of rotatable bonds is 4. The third-order valence-electron chi connectivity index (χ3n) is 8.37. The zero-order chi connectivity index (χ0) is 26.2. The minimum atomic E-state index is -0.263. The van der Waals surface area contributed by atoms with E-state index < -0.39 is 0 Å². The molecule has 2 aromatic rings. The first-order valence-electron chi connectivity index (χ1n) is 13.5. The highest BCUT2D eigenvalue weighted by Crippen LogP contribution is 2.45. The molecular weight excluding hydrogens is 480 g/mol. The number of piperidine rings is 1. The maximum atomic E-state index is 11.8. The number of aromatic nitrogens is 1. The molecule has 0 spiro atoms. The first-order chi connectivity index (χ1) is 18.6. The van der Waals surface area contributed by atoms with Crippen molar-refractivity contribution in [1.29, 1.82) is 5.26 Å². The van der Waals surface area contributed by atoms with Crippen LogP contribution in [0.2, 0.25) is 0 Å². The summed E-state index contributed by atoms with van der Waals surface area (Å²) in [6, 6.07) is 9.02. The van der Waals surface area contributed by atoms with E-state index in [1.54, 1.807) is 0 Å². The molecule has 5 heterocycles. The number of morpholine rings is 1. The second kappa shape index (κ2) is 10.3. The lowest BCUT2D eigenvalue weighted by Gasteiger charge is -2.47. The molecular formula is C29H34N6O3. The van der Waals surface area contributed by atoms with Gasteiger partial charge in [0.1, 0.15) is 18.0 Å². The molecule has 4 aliphatic heterocycles. The van der Waals surface area contributed by atoms with Crippen LogP contribution in [-0.2, 0) is 9.53 Å². The Hall–Kier alpha value is -3.61. The number of anilines is 3. The van der Waals surface area contributed by atoms with Crippen molar-refractivity contribution in [3.63, 3.8) is 0 Å². The average Bonchev–Trinajstić information content (AvgIpc) is 3.08. The molecule has 38 heavy (non-hydrogen) atoms. The largest absolute Gasteiger partial charge is 0.482 e. The number of carbonyl (C=O) groups is 1. The van der Waals surface area contributed by atoms with Crippen molar-refractivity contribution in [1.82, 2.24) is 14.8 Å². The minimum absolute atomic E-state index is 0.0160. The Kier molecular flexibility index (Phi) is 6.68. The van der Waals surface area contributed by atoms with E-state index >= 15 is 0 Å². The molecule has 1 amide bonds.